The zero-order valence-corrected chi connectivity index (χ0v) is 10.9. The van der Waals surface area contributed by atoms with Gasteiger partial charge < -0.3 is 15.0 Å². The Bertz CT molecular complexity index is 555. The minimum Gasteiger partial charge on any atom is -0.379 e. The second-order valence-corrected chi connectivity index (χ2v) is 5.34. The molecule has 2 aromatic rings. The molecule has 3 nitrogen and oxygen atoms in total. The van der Waals surface area contributed by atoms with Crippen LogP contribution in [0.5, 0.6) is 0 Å². The number of fused-ring (bicyclic) bond motifs is 1. The molecule has 2 N–H and O–H groups in total. The fraction of sp³-hybridized carbons (Fsp3) is 0.467. The molecule has 2 heterocycles. The van der Waals surface area contributed by atoms with Gasteiger partial charge in [-0.15, -0.1) is 0 Å². The lowest BCUT2D eigenvalue weighted by Crippen LogP contribution is -2.46. The number of ether oxygens (including phenoxy) is 1. The van der Waals surface area contributed by atoms with E-state index >= 15 is 0 Å². The standard InChI is InChI=1S/C15H20N2O/c1-17-9-13(12-5-2-3-6-14(12)17)15(7-4-8-16)10-18-11-15/h2-3,5-6,9H,4,7-8,10-11,16H2,1H3. The number of benzene rings is 1. The lowest BCUT2D eigenvalue weighted by molar-refractivity contribution is -0.0642. The van der Waals surface area contributed by atoms with E-state index in [4.69, 9.17) is 10.5 Å². The summed E-state index contributed by atoms with van der Waals surface area (Å²) >= 11 is 0. The number of nitrogens with two attached hydrogens (primary N) is 1. The Balaban J connectivity index is 2.07. The fourth-order valence-corrected chi connectivity index (χ4v) is 2.99. The first-order chi connectivity index (χ1) is 8.77. The van der Waals surface area contributed by atoms with Gasteiger partial charge in [0.15, 0.2) is 0 Å². The monoisotopic (exact) mass is 244 g/mol. The largest absolute Gasteiger partial charge is 0.379 e. The number of nitrogens with zero attached hydrogens (tertiary/aromatic N) is 1. The maximum Gasteiger partial charge on any atom is 0.0586 e. The van der Waals surface area contributed by atoms with E-state index in [0.717, 1.165) is 32.6 Å². The van der Waals surface area contributed by atoms with Crippen molar-refractivity contribution < 1.29 is 4.74 Å². The SMILES string of the molecule is Cn1cc(C2(CCCN)COC2)c2ccccc21. The Morgan fingerprint density at radius 2 is 2.11 bits per heavy atom. The normalized spacial score (nSPS) is 17.9. The minimum atomic E-state index is 0.195. The Hall–Kier alpha value is -1.32. The van der Waals surface area contributed by atoms with E-state index in [2.05, 4.69) is 42.1 Å². The highest BCUT2D eigenvalue weighted by molar-refractivity contribution is 5.85. The lowest BCUT2D eigenvalue weighted by atomic mass is 9.75. The first-order valence-corrected chi connectivity index (χ1v) is 6.59. The van der Waals surface area contributed by atoms with Crippen molar-refractivity contribution in [2.45, 2.75) is 18.3 Å². The summed E-state index contributed by atoms with van der Waals surface area (Å²) in [5.74, 6) is 0. The maximum atomic E-state index is 5.66. The highest BCUT2D eigenvalue weighted by Gasteiger charge is 2.41. The van der Waals surface area contributed by atoms with E-state index in [1.54, 1.807) is 0 Å². The smallest absolute Gasteiger partial charge is 0.0586 e. The van der Waals surface area contributed by atoms with Gasteiger partial charge in [-0.05, 0) is 31.0 Å². The maximum absolute atomic E-state index is 5.66. The van der Waals surface area contributed by atoms with Gasteiger partial charge in [-0.2, -0.15) is 0 Å². The Morgan fingerprint density at radius 3 is 2.78 bits per heavy atom. The first-order valence-electron chi connectivity index (χ1n) is 6.59. The predicted molar refractivity (Wildman–Crippen MR) is 73.7 cm³/mol. The summed E-state index contributed by atoms with van der Waals surface area (Å²) in [5.41, 5.74) is 8.59. The molecule has 1 saturated heterocycles. The molecule has 96 valence electrons. The Morgan fingerprint density at radius 1 is 1.33 bits per heavy atom. The zero-order chi connectivity index (χ0) is 12.6. The minimum absolute atomic E-state index is 0.195. The fourth-order valence-electron chi connectivity index (χ4n) is 2.99. The number of hydrogen-bond donors (Lipinski definition) is 1. The van der Waals surface area contributed by atoms with Crippen LogP contribution in [0.25, 0.3) is 10.9 Å². The van der Waals surface area contributed by atoms with Gasteiger partial charge in [-0.25, -0.2) is 0 Å². The van der Waals surface area contributed by atoms with Crippen LogP contribution in [-0.2, 0) is 17.2 Å². The summed E-state index contributed by atoms with van der Waals surface area (Å²) in [7, 11) is 2.11. The Labute approximate surface area is 108 Å². The molecule has 18 heavy (non-hydrogen) atoms. The molecule has 0 unspecified atom stereocenters. The van der Waals surface area contributed by atoms with E-state index in [1.165, 1.54) is 16.5 Å². The van der Waals surface area contributed by atoms with Crippen LogP contribution in [0.1, 0.15) is 18.4 Å². The van der Waals surface area contributed by atoms with Crippen molar-refractivity contribution in [3.05, 3.63) is 36.0 Å². The van der Waals surface area contributed by atoms with Crippen LogP contribution in [0.4, 0.5) is 0 Å². The summed E-state index contributed by atoms with van der Waals surface area (Å²) < 4.78 is 7.71. The summed E-state index contributed by atoms with van der Waals surface area (Å²) in [6, 6.07) is 8.60. The molecule has 1 aliphatic heterocycles. The third-order valence-corrected chi connectivity index (χ3v) is 4.08. The quantitative estimate of drug-likeness (QED) is 0.895. The molecule has 3 heteroatoms. The van der Waals surface area contributed by atoms with Crippen molar-refractivity contribution in [2.75, 3.05) is 19.8 Å². The third-order valence-electron chi connectivity index (χ3n) is 4.08. The van der Waals surface area contributed by atoms with Crippen LogP contribution in [0.2, 0.25) is 0 Å². The molecule has 0 spiro atoms. The first kappa shape index (κ1) is 11.8. The zero-order valence-electron chi connectivity index (χ0n) is 10.9. The van der Waals surface area contributed by atoms with Gasteiger partial charge in [0, 0.05) is 29.6 Å². The molecular weight excluding hydrogens is 224 g/mol. The van der Waals surface area contributed by atoms with Gasteiger partial charge in [-0.3, -0.25) is 0 Å². The van der Waals surface area contributed by atoms with Crippen molar-refractivity contribution in [3.8, 4) is 0 Å². The van der Waals surface area contributed by atoms with Crippen LogP contribution in [-0.4, -0.2) is 24.3 Å². The average molecular weight is 244 g/mol. The summed E-state index contributed by atoms with van der Waals surface area (Å²) in [6.07, 6.45) is 4.45. The molecule has 3 rings (SSSR count). The van der Waals surface area contributed by atoms with Gasteiger partial charge in [0.1, 0.15) is 0 Å². The molecule has 0 saturated carbocycles. The van der Waals surface area contributed by atoms with Crippen molar-refractivity contribution >= 4 is 10.9 Å². The van der Waals surface area contributed by atoms with Gasteiger partial charge in [0.25, 0.3) is 0 Å². The number of hydrogen-bond acceptors (Lipinski definition) is 2. The van der Waals surface area contributed by atoms with E-state index in [-0.39, 0.29) is 5.41 Å². The van der Waals surface area contributed by atoms with Crippen LogP contribution < -0.4 is 5.73 Å². The molecule has 1 fully saturated rings. The Kier molecular flexibility index (Phi) is 2.88. The molecule has 0 atom stereocenters. The van der Waals surface area contributed by atoms with Gasteiger partial charge in [0.05, 0.1) is 13.2 Å². The van der Waals surface area contributed by atoms with Crippen molar-refractivity contribution in [1.29, 1.82) is 0 Å². The van der Waals surface area contributed by atoms with Crippen molar-refractivity contribution in [3.63, 3.8) is 0 Å². The number of aromatic nitrogens is 1. The van der Waals surface area contributed by atoms with Gasteiger partial charge in [0.2, 0.25) is 0 Å². The number of rotatable bonds is 4. The molecule has 1 aromatic carbocycles. The second kappa shape index (κ2) is 4.41. The number of aryl methyl sites for hydroxylation is 1. The van der Waals surface area contributed by atoms with Crippen molar-refractivity contribution in [1.82, 2.24) is 4.57 Å². The highest BCUT2D eigenvalue weighted by atomic mass is 16.5. The molecular formula is C15H20N2O. The van der Waals surface area contributed by atoms with Crippen LogP contribution in [0.15, 0.2) is 30.5 Å². The molecule has 0 bridgehead atoms. The third kappa shape index (κ3) is 1.66. The second-order valence-electron chi connectivity index (χ2n) is 5.34. The molecule has 1 aliphatic rings. The van der Waals surface area contributed by atoms with E-state index in [9.17, 15) is 0 Å². The molecule has 0 aliphatic carbocycles. The summed E-state index contributed by atoms with van der Waals surface area (Å²) in [4.78, 5) is 0. The molecule has 0 amide bonds. The van der Waals surface area contributed by atoms with Crippen LogP contribution in [0.3, 0.4) is 0 Å². The summed E-state index contributed by atoms with van der Waals surface area (Å²) in [5, 5.41) is 1.36. The molecule has 0 radical (unpaired) electrons. The van der Waals surface area contributed by atoms with Gasteiger partial charge >= 0.3 is 0 Å². The lowest BCUT2D eigenvalue weighted by Gasteiger charge is -2.41. The average Bonchev–Trinajstić information content (AvgIpc) is 2.67. The van der Waals surface area contributed by atoms with Gasteiger partial charge in [-0.1, -0.05) is 18.2 Å². The van der Waals surface area contributed by atoms with Crippen LogP contribution in [0, 0.1) is 0 Å². The molecule has 1 aromatic heterocycles. The van der Waals surface area contributed by atoms with Crippen LogP contribution >= 0.6 is 0 Å². The van der Waals surface area contributed by atoms with E-state index < -0.39 is 0 Å². The van der Waals surface area contributed by atoms with E-state index in [0.29, 0.717) is 0 Å². The highest BCUT2D eigenvalue weighted by Crippen LogP contribution is 2.40. The van der Waals surface area contributed by atoms with Crippen molar-refractivity contribution in [2.24, 2.45) is 12.8 Å². The van der Waals surface area contributed by atoms with E-state index in [1.807, 2.05) is 0 Å². The number of para-hydroxylation sites is 1. The predicted octanol–water partition coefficient (Wildman–Crippen LogP) is 2.19. The topological polar surface area (TPSA) is 40.2 Å². The summed E-state index contributed by atoms with van der Waals surface area (Å²) in [6.45, 7) is 2.43.